The Morgan fingerprint density at radius 2 is 1.80 bits per heavy atom. The van der Waals surface area contributed by atoms with Crippen molar-refractivity contribution in [3.8, 4) is 11.1 Å². The van der Waals surface area contributed by atoms with Crippen LogP contribution in [-0.4, -0.2) is 11.1 Å². The summed E-state index contributed by atoms with van der Waals surface area (Å²) in [7, 11) is 0. The first kappa shape index (κ1) is 14.3. The highest BCUT2D eigenvalue weighted by Gasteiger charge is 2.12. The SMILES string of the molecule is CCc1ccc(CC)c(-c2ccc(C(=O)O)cc2F)c1. The van der Waals surface area contributed by atoms with Crippen LogP contribution in [0, 0.1) is 5.82 Å². The molecule has 0 atom stereocenters. The quantitative estimate of drug-likeness (QED) is 0.900. The van der Waals surface area contributed by atoms with E-state index in [4.69, 9.17) is 5.11 Å². The monoisotopic (exact) mass is 272 g/mol. The van der Waals surface area contributed by atoms with Crippen LogP contribution in [0.5, 0.6) is 0 Å². The van der Waals surface area contributed by atoms with Gasteiger partial charge < -0.3 is 5.11 Å². The van der Waals surface area contributed by atoms with Gasteiger partial charge in [0.15, 0.2) is 0 Å². The molecule has 0 fully saturated rings. The molecule has 2 nitrogen and oxygen atoms in total. The van der Waals surface area contributed by atoms with Crippen LogP contribution in [0.4, 0.5) is 4.39 Å². The number of carbonyl (C=O) groups is 1. The predicted octanol–water partition coefficient (Wildman–Crippen LogP) is 4.32. The Morgan fingerprint density at radius 1 is 1.05 bits per heavy atom. The highest BCUT2D eigenvalue weighted by Crippen LogP contribution is 2.29. The van der Waals surface area contributed by atoms with E-state index in [0.717, 1.165) is 35.6 Å². The number of benzene rings is 2. The van der Waals surface area contributed by atoms with Crippen molar-refractivity contribution in [1.82, 2.24) is 0 Å². The molecule has 0 unspecified atom stereocenters. The zero-order valence-electron chi connectivity index (χ0n) is 11.6. The maximum absolute atomic E-state index is 14.2. The van der Waals surface area contributed by atoms with Crippen molar-refractivity contribution in [3.05, 3.63) is 58.9 Å². The van der Waals surface area contributed by atoms with E-state index in [-0.39, 0.29) is 5.56 Å². The van der Waals surface area contributed by atoms with Crippen molar-refractivity contribution in [2.45, 2.75) is 26.7 Å². The second-order valence-electron chi connectivity index (χ2n) is 4.70. The topological polar surface area (TPSA) is 37.3 Å². The Bertz CT molecular complexity index is 647. The van der Waals surface area contributed by atoms with Crippen molar-refractivity contribution in [2.24, 2.45) is 0 Å². The molecule has 0 amide bonds. The molecule has 0 aromatic heterocycles. The summed E-state index contributed by atoms with van der Waals surface area (Å²) in [5.41, 5.74) is 3.47. The minimum atomic E-state index is -1.12. The first-order valence-electron chi connectivity index (χ1n) is 6.71. The normalized spacial score (nSPS) is 10.6. The lowest BCUT2D eigenvalue weighted by atomic mass is 9.94. The van der Waals surface area contributed by atoms with E-state index in [1.54, 1.807) is 6.07 Å². The van der Waals surface area contributed by atoms with Crippen molar-refractivity contribution >= 4 is 5.97 Å². The molecule has 2 rings (SSSR count). The van der Waals surface area contributed by atoms with E-state index < -0.39 is 11.8 Å². The van der Waals surface area contributed by atoms with E-state index in [2.05, 4.69) is 6.92 Å². The number of carboxylic acids is 1. The van der Waals surface area contributed by atoms with Gasteiger partial charge in [-0.25, -0.2) is 9.18 Å². The van der Waals surface area contributed by atoms with E-state index in [1.165, 1.54) is 6.07 Å². The predicted molar refractivity (Wildman–Crippen MR) is 77.6 cm³/mol. The summed E-state index contributed by atoms with van der Waals surface area (Å²) in [5, 5.41) is 8.89. The Morgan fingerprint density at radius 3 is 2.35 bits per heavy atom. The lowest BCUT2D eigenvalue weighted by Gasteiger charge is -2.11. The van der Waals surface area contributed by atoms with Crippen LogP contribution >= 0.6 is 0 Å². The van der Waals surface area contributed by atoms with E-state index in [9.17, 15) is 9.18 Å². The molecular formula is C17H17FO2. The van der Waals surface area contributed by atoms with Crippen LogP contribution in [-0.2, 0) is 12.8 Å². The van der Waals surface area contributed by atoms with Crippen LogP contribution in [0.3, 0.4) is 0 Å². The molecule has 20 heavy (non-hydrogen) atoms. The molecule has 0 spiro atoms. The third kappa shape index (κ3) is 2.72. The third-order valence-corrected chi connectivity index (χ3v) is 3.47. The molecule has 0 saturated heterocycles. The van der Waals surface area contributed by atoms with Gasteiger partial charge in [0.2, 0.25) is 0 Å². The number of rotatable bonds is 4. The maximum Gasteiger partial charge on any atom is 0.335 e. The fourth-order valence-electron chi connectivity index (χ4n) is 2.27. The molecular weight excluding hydrogens is 255 g/mol. The Labute approximate surface area is 117 Å². The minimum Gasteiger partial charge on any atom is -0.478 e. The molecule has 0 aliphatic carbocycles. The molecule has 2 aromatic carbocycles. The van der Waals surface area contributed by atoms with E-state index in [0.29, 0.717) is 5.56 Å². The number of aromatic carboxylic acids is 1. The summed E-state index contributed by atoms with van der Waals surface area (Å²) in [6, 6.07) is 10.1. The highest BCUT2D eigenvalue weighted by molar-refractivity contribution is 5.88. The van der Waals surface area contributed by atoms with E-state index >= 15 is 0 Å². The van der Waals surface area contributed by atoms with Gasteiger partial charge in [0.05, 0.1) is 5.56 Å². The standard InChI is InChI=1S/C17H17FO2/c1-3-11-5-6-12(4-2)15(9-11)14-8-7-13(17(19)20)10-16(14)18/h5-10H,3-4H2,1-2H3,(H,19,20). The molecule has 3 heteroatoms. The average Bonchev–Trinajstić information content (AvgIpc) is 2.46. The van der Waals surface area contributed by atoms with Crippen LogP contribution in [0.15, 0.2) is 36.4 Å². The lowest BCUT2D eigenvalue weighted by Crippen LogP contribution is -1.99. The molecule has 0 aliphatic heterocycles. The van der Waals surface area contributed by atoms with Gasteiger partial charge in [-0.3, -0.25) is 0 Å². The van der Waals surface area contributed by atoms with E-state index in [1.807, 2.05) is 25.1 Å². The first-order valence-corrected chi connectivity index (χ1v) is 6.71. The highest BCUT2D eigenvalue weighted by atomic mass is 19.1. The second kappa shape index (κ2) is 5.87. The first-order chi connectivity index (χ1) is 9.56. The molecule has 0 bridgehead atoms. The van der Waals surface area contributed by atoms with Crippen LogP contribution in [0.25, 0.3) is 11.1 Å². The number of halogens is 1. The Kier molecular flexibility index (Phi) is 4.18. The summed E-state index contributed by atoms with van der Waals surface area (Å²) >= 11 is 0. The molecule has 0 aliphatic rings. The number of aryl methyl sites for hydroxylation is 2. The van der Waals surface area contributed by atoms with Crippen LogP contribution in [0.2, 0.25) is 0 Å². The van der Waals surface area contributed by atoms with Gasteiger partial charge in [0.1, 0.15) is 5.82 Å². The van der Waals surface area contributed by atoms with Gasteiger partial charge in [-0.2, -0.15) is 0 Å². The minimum absolute atomic E-state index is 0.0315. The zero-order valence-corrected chi connectivity index (χ0v) is 11.6. The largest absolute Gasteiger partial charge is 0.478 e. The summed E-state index contributed by atoms with van der Waals surface area (Å²) in [5.74, 6) is -1.61. The summed E-state index contributed by atoms with van der Waals surface area (Å²) in [6.45, 7) is 4.07. The van der Waals surface area contributed by atoms with Gasteiger partial charge in [0, 0.05) is 5.56 Å². The Balaban J connectivity index is 2.58. The second-order valence-corrected chi connectivity index (χ2v) is 4.70. The fourth-order valence-corrected chi connectivity index (χ4v) is 2.27. The smallest absolute Gasteiger partial charge is 0.335 e. The molecule has 0 heterocycles. The van der Waals surface area contributed by atoms with Crippen molar-refractivity contribution in [1.29, 1.82) is 0 Å². The summed E-state index contributed by atoms with van der Waals surface area (Å²) in [6.07, 6.45) is 1.69. The third-order valence-electron chi connectivity index (χ3n) is 3.47. The van der Waals surface area contributed by atoms with Crippen molar-refractivity contribution in [3.63, 3.8) is 0 Å². The summed E-state index contributed by atoms with van der Waals surface area (Å²) in [4.78, 5) is 10.9. The number of hydrogen-bond donors (Lipinski definition) is 1. The number of carboxylic acid groups (broad SMARTS) is 1. The average molecular weight is 272 g/mol. The molecule has 0 radical (unpaired) electrons. The lowest BCUT2D eigenvalue weighted by molar-refractivity contribution is 0.0696. The summed E-state index contributed by atoms with van der Waals surface area (Å²) < 4.78 is 14.2. The maximum atomic E-state index is 14.2. The molecule has 104 valence electrons. The van der Waals surface area contributed by atoms with Crippen LogP contribution in [0.1, 0.15) is 35.3 Å². The van der Waals surface area contributed by atoms with Crippen molar-refractivity contribution < 1.29 is 14.3 Å². The Hall–Kier alpha value is -2.16. The molecule has 0 saturated carbocycles. The molecule has 2 aromatic rings. The fraction of sp³-hybridized carbons (Fsp3) is 0.235. The van der Waals surface area contributed by atoms with Crippen LogP contribution < -0.4 is 0 Å². The van der Waals surface area contributed by atoms with Crippen molar-refractivity contribution in [2.75, 3.05) is 0 Å². The van der Waals surface area contributed by atoms with Gasteiger partial charge in [-0.1, -0.05) is 38.1 Å². The number of hydrogen-bond acceptors (Lipinski definition) is 1. The zero-order chi connectivity index (χ0) is 14.7. The van der Waals surface area contributed by atoms with Gasteiger partial charge in [-0.15, -0.1) is 0 Å². The molecule has 1 N–H and O–H groups in total. The van der Waals surface area contributed by atoms with Gasteiger partial charge >= 0.3 is 5.97 Å². The van der Waals surface area contributed by atoms with Gasteiger partial charge in [-0.05, 0) is 41.7 Å². The van der Waals surface area contributed by atoms with Gasteiger partial charge in [0.25, 0.3) is 0 Å².